The summed E-state index contributed by atoms with van der Waals surface area (Å²) in [5.41, 5.74) is 0. The largest absolute Gasteiger partial charge is 0.428 e. The van der Waals surface area contributed by atoms with Crippen molar-refractivity contribution in [3.8, 4) is 12.3 Å². The van der Waals surface area contributed by atoms with E-state index in [4.69, 9.17) is 10.8 Å². The number of hydrogen-bond acceptors (Lipinski definition) is 1. The third-order valence-corrected chi connectivity index (χ3v) is 1.08. The molecule has 0 aromatic carbocycles. The summed E-state index contributed by atoms with van der Waals surface area (Å²) in [6.45, 7) is 0.844. The topological polar surface area (TPSA) is 9.23 Å². The van der Waals surface area contributed by atoms with Gasteiger partial charge in [-0.05, 0) is 6.42 Å². The Hall–Kier alpha value is -0.263. The molecule has 0 unspecified atom stereocenters. The van der Waals surface area contributed by atoms with Gasteiger partial charge in [-0.3, -0.25) is 0 Å². The van der Waals surface area contributed by atoms with Crippen LogP contribution in [0.15, 0.2) is 0 Å². The Bertz CT molecular complexity index is 65.0. The van der Waals surface area contributed by atoms with Crippen molar-refractivity contribution < 1.29 is 4.43 Å². The first-order valence-corrected chi connectivity index (χ1v) is 3.16. The van der Waals surface area contributed by atoms with E-state index in [0.717, 1.165) is 29.9 Å². The molecule has 0 spiro atoms. The van der Waals surface area contributed by atoms with Crippen LogP contribution in [0.1, 0.15) is 12.8 Å². The lowest BCUT2D eigenvalue weighted by Crippen LogP contribution is -1.86. The molecule has 0 aromatic heterocycles. The molecule has 0 fully saturated rings. The van der Waals surface area contributed by atoms with Crippen LogP contribution in [0.2, 0.25) is 0 Å². The Morgan fingerprint density at radius 2 is 2.43 bits per heavy atom. The van der Waals surface area contributed by atoms with Crippen LogP contribution < -0.4 is 0 Å². The van der Waals surface area contributed by atoms with Gasteiger partial charge in [0.15, 0.2) is 0 Å². The van der Waals surface area contributed by atoms with Crippen molar-refractivity contribution in [1.29, 1.82) is 0 Å². The van der Waals surface area contributed by atoms with Gasteiger partial charge in [0.2, 0.25) is 0 Å². The van der Waals surface area contributed by atoms with Gasteiger partial charge in [-0.25, -0.2) is 0 Å². The highest BCUT2D eigenvalue weighted by molar-refractivity contribution is 5.97. The summed E-state index contributed by atoms with van der Waals surface area (Å²) in [6, 6.07) is 0. The van der Waals surface area contributed by atoms with Gasteiger partial charge < -0.3 is 4.43 Å². The number of rotatable bonds is 3. The van der Waals surface area contributed by atoms with Gasteiger partial charge in [-0.15, -0.1) is 12.3 Å². The van der Waals surface area contributed by atoms with Crippen molar-refractivity contribution in [2.75, 3.05) is 6.61 Å². The minimum atomic E-state index is 0.837. The van der Waals surface area contributed by atoms with Gasteiger partial charge in [0.1, 0.15) is 10.5 Å². The lowest BCUT2D eigenvalue weighted by atomic mass is 10.3. The number of unbranched alkanes of at least 4 members (excludes halogenated alkanes) is 1. The highest BCUT2D eigenvalue weighted by Gasteiger charge is 1.76. The van der Waals surface area contributed by atoms with Crippen LogP contribution in [0, 0.1) is 12.3 Å². The summed E-state index contributed by atoms with van der Waals surface area (Å²) < 4.78 is 4.89. The molecule has 0 saturated carbocycles. The Morgan fingerprint density at radius 3 is 2.86 bits per heavy atom. The zero-order valence-electron chi connectivity index (χ0n) is 4.61. The monoisotopic (exact) mass is 114 g/mol. The minimum Gasteiger partial charge on any atom is -0.428 e. The standard InChI is InChI=1S/C5H10OSi/c1-2-3-4-5-6-7/h1H,3-5H2,7H3. The second-order valence-electron chi connectivity index (χ2n) is 1.30. The zero-order chi connectivity index (χ0) is 5.54. The molecule has 0 aliphatic carbocycles. The quantitative estimate of drug-likeness (QED) is 0.278. The van der Waals surface area contributed by atoms with Crippen LogP contribution in [0.3, 0.4) is 0 Å². The highest BCUT2D eigenvalue weighted by atomic mass is 28.2. The molecular weight excluding hydrogens is 104 g/mol. The van der Waals surface area contributed by atoms with E-state index in [9.17, 15) is 0 Å². The van der Waals surface area contributed by atoms with E-state index in [-0.39, 0.29) is 0 Å². The van der Waals surface area contributed by atoms with Crippen LogP contribution in [-0.4, -0.2) is 17.1 Å². The van der Waals surface area contributed by atoms with Crippen molar-refractivity contribution >= 4 is 10.5 Å². The predicted molar refractivity (Wildman–Crippen MR) is 34.0 cm³/mol. The van der Waals surface area contributed by atoms with Crippen molar-refractivity contribution in [3.63, 3.8) is 0 Å². The zero-order valence-corrected chi connectivity index (χ0v) is 6.61. The number of hydrogen-bond donors (Lipinski definition) is 0. The third-order valence-electron chi connectivity index (χ3n) is 0.670. The highest BCUT2D eigenvalue weighted by Crippen LogP contribution is 1.83. The fraction of sp³-hybridized carbons (Fsp3) is 0.600. The summed E-state index contributed by atoms with van der Waals surface area (Å²) in [7, 11) is 0.837. The maximum atomic E-state index is 4.98. The van der Waals surface area contributed by atoms with Crippen molar-refractivity contribution in [3.05, 3.63) is 0 Å². The molecule has 0 aromatic rings. The van der Waals surface area contributed by atoms with Crippen molar-refractivity contribution in [1.82, 2.24) is 0 Å². The minimum absolute atomic E-state index is 0.837. The SMILES string of the molecule is C#CCCCO[SiH3]. The average molecular weight is 114 g/mol. The van der Waals surface area contributed by atoms with E-state index in [1.54, 1.807) is 0 Å². The van der Waals surface area contributed by atoms with Gasteiger partial charge in [0, 0.05) is 13.0 Å². The van der Waals surface area contributed by atoms with E-state index in [1.165, 1.54) is 0 Å². The molecule has 0 radical (unpaired) electrons. The molecule has 0 N–H and O–H groups in total. The van der Waals surface area contributed by atoms with E-state index in [1.807, 2.05) is 0 Å². The molecule has 0 bridgehead atoms. The Kier molecular flexibility index (Phi) is 5.52. The fourth-order valence-corrected chi connectivity index (χ4v) is 0.607. The second-order valence-corrected chi connectivity index (χ2v) is 1.88. The smallest absolute Gasteiger partial charge is 0.145 e. The number of terminal acetylenes is 1. The van der Waals surface area contributed by atoms with Gasteiger partial charge in [0.25, 0.3) is 0 Å². The van der Waals surface area contributed by atoms with Crippen molar-refractivity contribution in [2.24, 2.45) is 0 Å². The Morgan fingerprint density at radius 1 is 1.71 bits per heavy atom. The molecule has 1 nitrogen and oxygen atoms in total. The molecule has 0 amide bonds. The third kappa shape index (κ3) is 5.74. The maximum absolute atomic E-state index is 4.98. The molecule has 0 aliphatic heterocycles. The lowest BCUT2D eigenvalue weighted by molar-refractivity contribution is 0.343. The van der Waals surface area contributed by atoms with E-state index in [0.29, 0.717) is 0 Å². The van der Waals surface area contributed by atoms with Crippen molar-refractivity contribution in [2.45, 2.75) is 12.8 Å². The van der Waals surface area contributed by atoms with Gasteiger partial charge in [-0.1, -0.05) is 0 Å². The maximum Gasteiger partial charge on any atom is 0.145 e. The molecule has 0 atom stereocenters. The first-order valence-electron chi connectivity index (χ1n) is 2.34. The van der Waals surface area contributed by atoms with Gasteiger partial charge >= 0.3 is 0 Å². The van der Waals surface area contributed by atoms with Crippen LogP contribution >= 0.6 is 0 Å². The summed E-state index contributed by atoms with van der Waals surface area (Å²) in [5, 5.41) is 0. The molecule has 0 heterocycles. The molecule has 40 valence electrons. The van der Waals surface area contributed by atoms with Crippen LogP contribution in [0.4, 0.5) is 0 Å². The summed E-state index contributed by atoms with van der Waals surface area (Å²) in [4.78, 5) is 0. The molecule has 0 rings (SSSR count). The molecule has 0 aliphatic rings. The van der Waals surface area contributed by atoms with E-state index < -0.39 is 0 Å². The molecule has 0 saturated heterocycles. The molecule has 7 heavy (non-hydrogen) atoms. The van der Waals surface area contributed by atoms with Gasteiger partial charge in [-0.2, -0.15) is 0 Å². The normalized spacial score (nSPS) is 8.43. The molecular formula is C5H10OSi. The predicted octanol–water partition coefficient (Wildman–Crippen LogP) is -0.303. The van der Waals surface area contributed by atoms with Crippen LogP contribution in [0.25, 0.3) is 0 Å². The first-order chi connectivity index (χ1) is 3.41. The van der Waals surface area contributed by atoms with Crippen LogP contribution in [0.5, 0.6) is 0 Å². The second kappa shape index (κ2) is 5.74. The van der Waals surface area contributed by atoms with Gasteiger partial charge in [0.05, 0.1) is 0 Å². The molecule has 2 heteroatoms. The van der Waals surface area contributed by atoms with E-state index in [2.05, 4.69) is 5.92 Å². The Labute approximate surface area is 47.6 Å². The summed E-state index contributed by atoms with van der Waals surface area (Å²) in [5.74, 6) is 2.54. The fourth-order valence-electron chi connectivity index (χ4n) is 0.319. The lowest BCUT2D eigenvalue weighted by Gasteiger charge is -1.90. The van der Waals surface area contributed by atoms with E-state index >= 15 is 0 Å². The summed E-state index contributed by atoms with van der Waals surface area (Å²) in [6.07, 6.45) is 6.84. The van der Waals surface area contributed by atoms with Crippen LogP contribution in [-0.2, 0) is 4.43 Å². The first kappa shape index (κ1) is 6.74. The average Bonchev–Trinajstić information content (AvgIpc) is 1.69. The Balaban J connectivity index is 2.60. The summed E-state index contributed by atoms with van der Waals surface area (Å²) >= 11 is 0.